The molecule has 0 fully saturated rings. The average Bonchev–Trinajstić information content (AvgIpc) is 3.51. The summed E-state index contributed by atoms with van der Waals surface area (Å²) in [6, 6.07) is 17.1. The number of hydrogen-bond acceptors (Lipinski definition) is 5. The maximum absolute atomic E-state index is 13.8. The molecule has 0 aliphatic carbocycles. The number of pyridine rings is 1. The van der Waals surface area contributed by atoms with E-state index in [0.717, 1.165) is 12.1 Å². The van der Waals surface area contributed by atoms with Crippen LogP contribution in [0.25, 0.3) is 28.2 Å². The Morgan fingerprint density at radius 2 is 1.77 bits per heavy atom. The summed E-state index contributed by atoms with van der Waals surface area (Å²) in [4.78, 5) is 29.3. The van der Waals surface area contributed by atoms with Crippen LogP contribution in [-0.2, 0) is 18.0 Å². The van der Waals surface area contributed by atoms with Crippen molar-refractivity contribution < 1.29 is 27.5 Å². The van der Waals surface area contributed by atoms with Crippen molar-refractivity contribution in [2.45, 2.75) is 19.2 Å². The molecule has 1 unspecified atom stereocenters. The fourth-order valence-corrected chi connectivity index (χ4v) is 4.36. The molecule has 5 rings (SSSR count). The van der Waals surface area contributed by atoms with Gasteiger partial charge in [0.15, 0.2) is 0 Å². The number of ether oxygens (including phenoxy) is 1. The number of carbonyl (C=O) groups is 2. The van der Waals surface area contributed by atoms with Gasteiger partial charge < -0.3 is 15.8 Å². The number of nitrogens with zero attached hydrogens (tertiary/aromatic N) is 4. The Hall–Kier alpha value is -5.13. The second kappa shape index (κ2) is 10.2. The normalized spacial score (nSPS) is 12.3. The van der Waals surface area contributed by atoms with E-state index in [9.17, 15) is 22.8 Å². The number of alkyl halides is 3. The lowest BCUT2D eigenvalue weighted by Crippen LogP contribution is -2.16. The maximum atomic E-state index is 13.8. The number of fused-ring (bicyclic) bond motifs is 1. The van der Waals surface area contributed by atoms with Crippen LogP contribution < -0.4 is 11.1 Å². The Bertz CT molecular complexity index is 1730. The highest BCUT2D eigenvalue weighted by atomic mass is 19.4. The molecule has 40 heavy (non-hydrogen) atoms. The number of imidazole rings is 1. The Balaban J connectivity index is 1.58. The molecule has 12 heteroatoms. The Labute approximate surface area is 226 Å². The van der Waals surface area contributed by atoms with Crippen LogP contribution in [0.1, 0.15) is 34.5 Å². The van der Waals surface area contributed by atoms with Gasteiger partial charge >= 0.3 is 12.3 Å². The predicted molar refractivity (Wildman–Crippen MR) is 141 cm³/mol. The summed E-state index contributed by atoms with van der Waals surface area (Å²) in [7, 11) is 1.59. The van der Waals surface area contributed by atoms with Gasteiger partial charge in [0.1, 0.15) is 23.3 Å². The molecule has 1 atom stereocenters. The second-order valence-corrected chi connectivity index (χ2v) is 9.03. The number of aryl methyl sites for hydroxylation is 1. The number of nitrogens with one attached hydrogen (secondary N) is 1. The lowest BCUT2D eigenvalue weighted by atomic mass is 10.0. The van der Waals surface area contributed by atoms with Crippen molar-refractivity contribution in [3.05, 3.63) is 95.8 Å². The van der Waals surface area contributed by atoms with Gasteiger partial charge in [0.2, 0.25) is 0 Å². The fraction of sp³-hybridized carbons (Fsp3) is 0.143. The lowest BCUT2D eigenvalue weighted by Gasteiger charge is -2.14. The first-order valence-corrected chi connectivity index (χ1v) is 12.1. The van der Waals surface area contributed by atoms with Gasteiger partial charge in [-0.1, -0.05) is 30.3 Å². The highest BCUT2D eigenvalue weighted by Crippen LogP contribution is 2.37. The molecule has 3 heterocycles. The van der Waals surface area contributed by atoms with E-state index in [4.69, 9.17) is 10.5 Å². The van der Waals surface area contributed by atoms with Gasteiger partial charge in [-0.15, -0.1) is 0 Å². The molecule has 0 aliphatic rings. The SMILES string of the molecule is CC(OC(N)=O)c1ccn2c(NC(=O)c3ccc(C(F)(F)F)c(-c4ccn(C)n4)c3)c(-c3ccccc3)nc2c1. The third kappa shape index (κ3) is 5.23. The minimum absolute atomic E-state index is 0.00251. The molecular formula is C28H23F3N6O3. The van der Waals surface area contributed by atoms with E-state index in [0.29, 0.717) is 28.3 Å². The van der Waals surface area contributed by atoms with Gasteiger partial charge in [0, 0.05) is 36.1 Å². The lowest BCUT2D eigenvalue weighted by molar-refractivity contribution is -0.137. The van der Waals surface area contributed by atoms with E-state index in [2.05, 4.69) is 15.4 Å². The third-order valence-electron chi connectivity index (χ3n) is 6.27. The molecule has 2 aromatic carbocycles. The summed E-state index contributed by atoms with van der Waals surface area (Å²) < 4.78 is 49.4. The fourth-order valence-electron chi connectivity index (χ4n) is 4.36. The number of aromatic nitrogens is 4. The van der Waals surface area contributed by atoms with Crippen molar-refractivity contribution in [3.63, 3.8) is 0 Å². The smallest absolute Gasteiger partial charge is 0.417 e. The molecule has 9 nitrogen and oxygen atoms in total. The topological polar surface area (TPSA) is 117 Å². The molecule has 0 saturated heterocycles. The number of halogens is 3. The van der Waals surface area contributed by atoms with Crippen LogP contribution in [-0.4, -0.2) is 31.2 Å². The number of rotatable bonds is 6. The van der Waals surface area contributed by atoms with Crippen molar-refractivity contribution in [2.24, 2.45) is 12.8 Å². The zero-order chi connectivity index (χ0) is 28.6. The molecule has 204 valence electrons. The summed E-state index contributed by atoms with van der Waals surface area (Å²) in [6.07, 6.45) is -3.04. The zero-order valence-corrected chi connectivity index (χ0v) is 21.3. The molecule has 0 bridgehead atoms. The van der Waals surface area contributed by atoms with Crippen LogP contribution in [0.3, 0.4) is 0 Å². The van der Waals surface area contributed by atoms with E-state index >= 15 is 0 Å². The Morgan fingerprint density at radius 1 is 1.02 bits per heavy atom. The summed E-state index contributed by atoms with van der Waals surface area (Å²) in [6.45, 7) is 1.66. The van der Waals surface area contributed by atoms with Crippen molar-refractivity contribution in [1.82, 2.24) is 19.2 Å². The highest BCUT2D eigenvalue weighted by molar-refractivity contribution is 6.06. The molecule has 2 amide bonds. The summed E-state index contributed by atoms with van der Waals surface area (Å²) in [5.41, 5.74) is 6.32. The molecule has 0 radical (unpaired) electrons. The quantitative estimate of drug-likeness (QED) is 0.277. The van der Waals surface area contributed by atoms with Gasteiger partial charge in [-0.25, -0.2) is 9.78 Å². The largest absolute Gasteiger partial charge is 0.442 e. The van der Waals surface area contributed by atoms with Crippen molar-refractivity contribution in [1.29, 1.82) is 0 Å². The second-order valence-electron chi connectivity index (χ2n) is 9.03. The van der Waals surface area contributed by atoms with Crippen molar-refractivity contribution >= 4 is 23.5 Å². The molecular weight excluding hydrogens is 525 g/mol. The molecule has 5 aromatic rings. The van der Waals surface area contributed by atoms with E-state index < -0.39 is 29.8 Å². The summed E-state index contributed by atoms with van der Waals surface area (Å²) in [5, 5.41) is 6.92. The van der Waals surface area contributed by atoms with E-state index in [1.165, 1.54) is 23.0 Å². The minimum atomic E-state index is -4.64. The molecule has 3 aromatic heterocycles. The first kappa shape index (κ1) is 26.5. The van der Waals surface area contributed by atoms with Gasteiger partial charge in [-0.2, -0.15) is 18.3 Å². The number of amides is 2. The highest BCUT2D eigenvalue weighted by Gasteiger charge is 2.34. The number of carbonyl (C=O) groups excluding carboxylic acids is 2. The van der Waals surface area contributed by atoms with Crippen LogP contribution in [0.2, 0.25) is 0 Å². The number of benzene rings is 2. The van der Waals surface area contributed by atoms with Gasteiger partial charge in [0.05, 0.1) is 11.3 Å². The molecule has 0 saturated carbocycles. The average molecular weight is 549 g/mol. The predicted octanol–water partition coefficient (Wildman–Crippen LogP) is 5.83. The van der Waals surface area contributed by atoms with E-state index in [-0.39, 0.29) is 16.8 Å². The summed E-state index contributed by atoms with van der Waals surface area (Å²) >= 11 is 0. The first-order valence-electron chi connectivity index (χ1n) is 12.1. The van der Waals surface area contributed by atoms with Crippen molar-refractivity contribution in [3.8, 4) is 22.5 Å². The van der Waals surface area contributed by atoms with Gasteiger partial charge in [0.25, 0.3) is 5.91 Å². The monoisotopic (exact) mass is 548 g/mol. The van der Waals surface area contributed by atoms with Gasteiger partial charge in [-0.3, -0.25) is 13.9 Å². The van der Waals surface area contributed by atoms with Crippen LogP contribution in [0.5, 0.6) is 0 Å². The summed E-state index contributed by atoms with van der Waals surface area (Å²) in [5.74, 6) is -0.333. The molecule has 0 spiro atoms. The van der Waals surface area contributed by atoms with Crippen LogP contribution in [0.15, 0.2) is 79.1 Å². The Kier molecular flexibility index (Phi) is 6.76. The maximum Gasteiger partial charge on any atom is 0.417 e. The third-order valence-corrected chi connectivity index (χ3v) is 6.27. The standard InChI is InChI=1S/C28H23F3N6O3/c1-16(40-27(32)39)18-10-13-37-23(15-18)33-24(17-6-4-3-5-7-17)25(37)34-26(38)19-8-9-21(28(29,30)31)20(14-19)22-11-12-36(2)35-22/h3-16H,1-2H3,(H2,32,39)(H,34,38). The van der Waals surface area contributed by atoms with E-state index in [1.807, 2.05) is 30.3 Å². The van der Waals surface area contributed by atoms with Gasteiger partial charge in [-0.05, 0) is 48.9 Å². The Morgan fingerprint density at radius 3 is 2.42 bits per heavy atom. The number of hydrogen-bond donors (Lipinski definition) is 2. The van der Waals surface area contributed by atoms with Crippen LogP contribution in [0.4, 0.5) is 23.8 Å². The number of nitrogens with two attached hydrogens (primary N) is 1. The minimum Gasteiger partial charge on any atom is -0.442 e. The van der Waals surface area contributed by atoms with Crippen LogP contribution >= 0.6 is 0 Å². The molecule has 0 aliphatic heterocycles. The number of primary amides is 1. The van der Waals surface area contributed by atoms with Crippen molar-refractivity contribution in [2.75, 3.05) is 5.32 Å². The van der Waals surface area contributed by atoms with E-state index in [1.54, 1.807) is 36.7 Å². The number of anilines is 1. The first-order chi connectivity index (χ1) is 19.0. The molecule has 3 N–H and O–H groups in total. The zero-order valence-electron chi connectivity index (χ0n) is 21.3. The van der Waals surface area contributed by atoms with Crippen LogP contribution in [0, 0.1) is 0 Å².